The van der Waals surface area contributed by atoms with Crippen molar-refractivity contribution >= 4 is 40.0 Å². The van der Waals surface area contributed by atoms with Crippen LogP contribution in [-0.2, 0) is 4.79 Å². The Labute approximate surface area is 203 Å². The van der Waals surface area contributed by atoms with Crippen LogP contribution in [0.15, 0.2) is 42.5 Å². The van der Waals surface area contributed by atoms with E-state index >= 15 is 0 Å². The predicted molar refractivity (Wildman–Crippen MR) is 134 cm³/mol. The van der Waals surface area contributed by atoms with E-state index in [2.05, 4.69) is 44.6 Å². The number of nitrogens with zero attached hydrogens (tertiary/aromatic N) is 6. The van der Waals surface area contributed by atoms with Gasteiger partial charge in [0.25, 0.3) is 0 Å². The lowest BCUT2D eigenvalue weighted by Crippen LogP contribution is -2.50. The monoisotopic (exact) mass is 474 g/mol. The lowest BCUT2D eigenvalue weighted by atomic mass is 10.1. The van der Waals surface area contributed by atoms with Crippen molar-refractivity contribution < 1.29 is 4.79 Å². The molecule has 6 rings (SSSR count). The lowest BCUT2D eigenvalue weighted by Gasteiger charge is -2.36. The summed E-state index contributed by atoms with van der Waals surface area (Å²) < 4.78 is 2.06. The Morgan fingerprint density at radius 1 is 1.00 bits per heavy atom. The number of hydrogen-bond donors (Lipinski definition) is 0. The van der Waals surface area contributed by atoms with E-state index in [1.165, 1.54) is 12.8 Å². The molecule has 2 fully saturated rings. The van der Waals surface area contributed by atoms with Crippen LogP contribution >= 0.6 is 11.6 Å². The van der Waals surface area contributed by atoms with E-state index in [1.807, 2.05) is 29.2 Å². The van der Waals surface area contributed by atoms with Crippen LogP contribution in [0.5, 0.6) is 0 Å². The number of halogens is 1. The Morgan fingerprint density at radius 3 is 2.56 bits per heavy atom. The van der Waals surface area contributed by atoms with E-state index in [-0.39, 0.29) is 5.92 Å². The van der Waals surface area contributed by atoms with Gasteiger partial charge in [-0.2, -0.15) is 0 Å². The number of benzene rings is 2. The molecule has 3 heterocycles. The van der Waals surface area contributed by atoms with Crippen LogP contribution in [0, 0.1) is 12.8 Å². The van der Waals surface area contributed by atoms with Crippen molar-refractivity contribution in [3.8, 4) is 11.4 Å². The van der Waals surface area contributed by atoms with Crippen LogP contribution in [-0.4, -0.2) is 56.6 Å². The molecule has 4 aromatic rings. The summed E-state index contributed by atoms with van der Waals surface area (Å²) in [6, 6.07) is 14.0. The maximum atomic E-state index is 12.9. The smallest absolute Gasteiger partial charge is 0.225 e. The first-order valence-corrected chi connectivity index (χ1v) is 12.4. The molecule has 0 radical (unpaired) electrons. The number of aromatic nitrogens is 4. The van der Waals surface area contributed by atoms with Gasteiger partial charge in [0.1, 0.15) is 0 Å². The highest BCUT2D eigenvalue weighted by Gasteiger charge is 2.31. The van der Waals surface area contributed by atoms with Crippen molar-refractivity contribution in [1.29, 1.82) is 0 Å². The minimum Gasteiger partial charge on any atom is -0.339 e. The summed E-state index contributed by atoms with van der Waals surface area (Å²) in [5.74, 6) is 2.09. The minimum atomic E-state index is 0.213. The first-order chi connectivity index (χ1) is 16.6. The molecular weight excluding hydrogens is 448 g/mol. The van der Waals surface area contributed by atoms with Gasteiger partial charge in [-0.1, -0.05) is 48.2 Å². The zero-order valence-electron chi connectivity index (χ0n) is 19.2. The van der Waals surface area contributed by atoms with E-state index in [9.17, 15) is 4.79 Å². The van der Waals surface area contributed by atoms with Gasteiger partial charge in [-0.15, -0.1) is 10.2 Å². The average Bonchev–Trinajstić information content (AvgIpc) is 3.54. The molecule has 2 aliphatic rings. The predicted octanol–water partition coefficient (Wildman–Crippen LogP) is 4.75. The summed E-state index contributed by atoms with van der Waals surface area (Å²) in [5.41, 5.74) is 3.72. The summed E-state index contributed by atoms with van der Waals surface area (Å²) in [6.45, 7) is 4.92. The molecule has 1 saturated heterocycles. The Balaban J connectivity index is 1.41. The molecule has 0 N–H and O–H groups in total. The van der Waals surface area contributed by atoms with E-state index in [0.29, 0.717) is 24.0 Å². The van der Waals surface area contributed by atoms with Gasteiger partial charge in [0.15, 0.2) is 11.5 Å². The molecule has 0 atom stereocenters. The third kappa shape index (κ3) is 3.68. The first-order valence-electron chi connectivity index (χ1n) is 12.0. The van der Waals surface area contributed by atoms with Crippen molar-refractivity contribution in [2.45, 2.75) is 32.6 Å². The fraction of sp³-hybridized carbons (Fsp3) is 0.385. The van der Waals surface area contributed by atoms with Gasteiger partial charge in [-0.25, -0.2) is 9.38 Å². The normalized spacial score (nSPS) is 17.2. The first kappa shape index (κ1) is 21.4. The standard InChI is InChI=1S/C26H27ClN6O/c1-17-5-4-8-19(15-17)23-29-30-24-21-10-9-20(27)16-22(21)28-26(33(23)24)32-13-11-31(12-14-32)25(34)18-6-2-3-7-18/h4-5,8-10,15-16,18H,2-3,6-7,11-14H2,1H3. The van der Waals surface area contributed by atoms with Gasteiger partial charge in [-0.3, -0.25) is 4.79 Å². The maximum Gasteiger partial charge on any atom is 0.225 e. The number of anilines is 1. The highest BCUT2D eigenvalue weighted by Crippen LogP contribution is 2.31. The fourth-order valence-electron chi connectivity index (χ4n) is 5.33. The molecular formula is C26H27ClN6O. The second kappa shape index (κ2) is 8.55. The molecule has 2 aromatic heterocycles. The molecule has 0 spiro atoms. The molecule has 0 unspecified atom stereocenters. The summed E-state index contributed by atoms with van der Waals surface area (Å²) in [6.07, 6.45) is 4.42. The third-order valence-corrected chi connectivity index (χ3v) is 7.37. The van der Waals surface area contributed by atoms with Crippen LogP contribution < -0.4 is 4.90 Å². The molecule has 34 heavy (non-hydrogen) atoms. The van der Waals surface area contributed by atoms with Crippen molar-refractivity contribution in [1.82, 2.24) is 24.5 Å². The van der Waals surface area contributed by atoms with Crippen molar-refractivity contribution in [3.63, 3.8) is 0 Å². The molecule has 2 aromatic carbocycles. The second-order valence-corrected chi connectivity index (χ2v) is 9.86. The van der Waals surface area contributed by atoms with E-state index < -0.39 is 0 Å². The van der Waals surface area contributed by atoms with Crippen LogP contribution in [0.25, 0.3) is 27.9 Å². The van der Waals surface area contributed by atoms with E-state index in [1.54, 1.807) is 0 Å². The quantitative estimate of drug-likeness (QED) is 0.429. The number of hydrogen-bond acceptors (Lipinski definition) is 5. The van der Waals surface area contributed by atoms with Crippen LogP contribution in [0.4, 0.5) is 5.95 Å². The largest absolute Gasteiger partial charge is 0.339 e. The highest BCUT2D eigenvalue weighted by molar-refractivity contribution is 6.31. The zero-order valence-corrected chi connectivity index (χ0v) is 20.0. The van der Waals surface area contributed by atoms with Crippen LogP contribution in [0.1, 0.15) is 31.2 Å². The molecule has 1 aliphatic heterocycles. The van der Waals surface area contributed by atoms with Crippen molar-refractivity contribution in [2.75, 3.05) is 31.1 Å². The molecule has 174 valence electrons. The number of rotatable bonds is 3. The Bertz CT molecular complexity index is 1390. The van der Waals surface area contributed by atoms with Gasteiger partial charge in [0.2, 0.25) is 11.9 Å². The number of carbonyl (C=O) groups excluding carboxylic acids is 1. The number of amides is 1. The second-order valence-electron chi connectivity index (χ2n) is 9.42. The van der Waals surface area contributed by atoms with Gasteiger partial charge >= 0.3 is 0 Å². The Kier molecular flexibility index (Phi) is 5.37. The third-order valence-electron chi connectivity index (χ3n) is 7.14. The SMILES string of the molecule is Cc1cccc(-c2nnc3c4ccc(Cl)cc4nc(N4CCN(C(=O)C5CCCC5)CC4)n23)c1. The summed E-state index contributed by atoms with van der Waals surface area (Å²) in [5, 5.41) is 10.7. The summed E-state index contributed by atoms with van der Waals surface area (Å²) in [7, 11) is 0. The zero-order chi connectivity index (χ0) is 23.2. The van der Waals surface area contributed by atoms with Crippen molar-refractivity contribution in [2.24, 2.45) is 5.92 Å². The van der Waals surface area contributed by atoms with Crippen LogP contribution in [0.3, 0.4) is 0 Å². The number of fused-ring (bicyclic) bond motifs is 3. The van der Waals surface area contributed by atoms with Crippen molar-refractivity contribution in [3.05, 3.63) is 53.1 Å². The molecule has 1 amide bonds. The molecule has 0 bridgehead atoms. The van der Waals surface area contributed by atoms with E-state index in [0.717, 1.165) is 65.4 Å². The number of aryl methyl sites for hydroxylation is 1. The topological polar surface area (TPSA) is 66.6 Å². The summed E-state index contributed by atoms with van der Waals surface area (Å²) >= 11 is 6.30. The Morgan fingerprint density at radius 2 is 1.79 bits per heavy atom. The maximum absolute atomic E-state index is 12.9. The average molecular weight is 475 g/mol. The van der Waals surface area contributed by atoms with Gasteiger partial charge in [0.05, 0.1) is 5.52 Å². The highest BCUT2D eigenvalue weighted by atomic mass is 35.5. The molecule has 8 heteroatoms. The van der Waals surface area contributed by atoms with Crippen LogP contribution in [0.2, 0.25) is 5.02 Å². The van der Waals surface area contributed by atoms with Gasteiger partial charge in [0, 0.05) is 48.1 Å². The molecule has 1 saturated carbocycles. The number of carbonyl (C=O) groups is 1. The molecule has 7 nitrogen and oxygen atoms in total. The van der Waals surface area contributed by atoms with E-state index in [4.69, 9.17) is 16.6 Å². The lowest BCUT2D eigenvalue weighted by molar-refractivity contribution is -0.135. The van der Waals surface area contributed by atoms with Gasteiger partial charge in [-0.05, 0) is 44.0 Å². The Hall–Kier alpha value is -3.19. The minimum absolute atomic E-state index is 0.213. The number of piperazine rings is 1. The molecule has 1 aliphatic carbocycles. The van der Waals surface area contributed by atoms with Gasteiger partial charge < -0.3 is 9.80 Å². The summed E-state index contributed by atoms with van der Waals surface area (Å²) in [4.78, 5) is 22.3. The fourth-order valence-corrected chi connectivity index (χ4v) is 5.50.